The Hall–Kier alpha value is -2.75. The van der Waals surface area contributed by atoms with Crippen molar-refractivity contribution in [2.24, 2.45) is 0 Å². The summed E-state index contributed by atoms with van der Waals surface area (Å²) in [6.07, 6.45) is 0. The molecule has 21 heavy (non-hydrogen) atoms. The summed E-state index contributed by atoms with van der Waals surface area (Å²) >= 11 is 0. The Morgan fingerprint density at radius 3 is 2.38 bits per heavy atom. The van der Waals surface area contributed by atoms with Crippen molar-refractivity contribution in [1.82, 2.24) is 0 Å². The molecule has 0 unspecified atom stereocenters. The summed E-state index contributed by atoms with van der Waals surface area (Å²) < 4.78 is 19.1. The third-order valence-electron chi connectivity index (χ3n) is 3.26. The Balaban J connectivity index is 2.20. The first-order chi connectivity index (χ1) is 10.2. The largest absolute Gasteiger partial charge is 0.504 e. The summed E-state index contributed by atoms with van der Waals surface area (Å²) in [5.74, 6) is 0.392. The molecule has 0 spiro atoms. The van der Waals surface area contributed by atoms with Gasteiger partial charge < -0.3 is 14.8 Å². The molecule has 0 aliphatic rings. The van der Waals surface area contributed by atoms with Gasteiger partial charge in [-0.3, -0.25) is 0 Å². The topological polar surface area (TPSA) is 45.4 Å². The van der Waals surface area contributed by atoms with E-state index in [1.54, 1.807) is 19.2 Å². The molecule has 3 aromatic rings. The van der Waals surface area contributed by atoms with Crippen LogP contribution in [-0.4, -0.2) is 12.2 Å². The monoisotopic (exact) mass is 283 g/mol. The standard InChI is InChI=1S/C17H14FNO2/c1-19-17-14(12-8-5-9-13(18)10-12)15(20)16(21-17)11-6-3-2-4-7-11/h2-10,19-20H,1H3. The zero-order valence-corrected chi connectivity index (χ0v) is 11.4. The molecule has 106 valence electrons. The Kier molecular flexibility index (Phi) is 3.36. The average Bonchev–Trinajstić information content (AvgIpc) is 2.85. The van der Waals surface area contributed by atoms with E-state index in [0.29, 0.717) is 22.8 Å². The van der Waals surface area contributed by atoms with Crippen LogP contribution in [0.15, 0.2) is 59.0 Å². The fraction of sp³-hybridized carbons (Fsp3) is 0.0588. The van der Waals surface area contributed by atoms with E-state index < -0.39 is 0 Å². The smallest absolute Gasteiger partial charge is 0.205 e. The SMILES string of the molecule is CNc1oc(-c2ccccc2)c(O)c1-c1cccc(F)c1. The van der Waals surface area contributed by atoms with E-state index in [2.05, 4.69) is 5.32 Å². The molecule has 1 heterocycles. The Bertz CT molecular complexity index is 766. The predicted molar refractivity (Wildman–Crippen MR) is 80.7 cm³/mol. The number of nitrogens with one attached hydrogen (secondary N) is 1. The maximum atomic E-state index is 13.4. The lowest BCUT2D eigenvalue weighted by Gasteiger charge is -2.02. The van der Waals surface area contributed by atoms with Gasteiger partial charge in [0.05, 0.1) is 5.56 Å². The lowest BCUT2D eigenvalue weighted by Crippen LogP contribution is -1.88. The van der Waals surface area contributed by atoms with Gasteiger partial charge in [-0.15, -0.1) is 0 Å². The normalized spacial score (nSPS) is 10.6. The molecule has 0 atom stereocenters. The molecule has 0 bridgehead atoms. The highest BCUT2D eigenvalue weighted by molar-refractivity contribution is 5.87. The molecule has 2 aromatic carbocycles. The highest BCUT2D eigenvalue weighted by atomic mass is 19.1. The van der Waals surface area contributed by atoms with Gasteiger partial charge in [-0.05, 0) is 17.7 Å². The number of anilines is 1. The lowest BCUT2D eigenvalue weighted by molar-refractivity contribution is 0.466. The van der Waals surface area contributed by atoms with Crippen LogP contribution in [0.25, 0.3) is 22.5 Å². The van der Waals surface area contributed by atoms with Gasteiger partial charge in [-0.25, -0.2) is 4.39 Å². The first-order valence-electron chi connectivity index (χ1n) is 6.55. The second-order valence-electron chi connectivity index (χ2n) is 4.61. The van der Waals surface area contributed by atoms with Crippen LogP contribution in [0.1, 0.15) is 0 Å². The molecular formula is C17H14FNO2. The Labute approximate surface area is 121 Å². The molecule has 0 aliphatic carbocycles. The summed E-state index contributed by atoms with van der Waals surface area (Å²) in [5.41, 5.74) is 1.77. The summed E-state index contributed by atoms with van der Waals surface area (Å²) in [6, 6.07) is 15.3. The number of hydrogen-bond donors (Lipinski definition) is 2. The van der Waals surface area contributed by atoms with Crippen molar-refractivity contribution >= 4 is 5.88 Å². The minimum atomic E-state index is -0.364. The lowest BCUT2D eigenvalue weighted by atomic mass is 10.0. The number of halogens is 1. The minimum absolute atomic E-state index is 0.00356. The van der Waals surface area contributed by atoms with Crippen LogP contribution in [-0.2, 0) is 0 Å². The molecule has 0 fully saturated rings. The van der Waals surface area contributed by atoms with Crippen molar-refractivity contribution in [1.29, 1.82) is 0 Å². The molecule has 0 radical (unpaired) electrons. The summed E-state index contributed by atoms with van der Waals surface area (Å²) in [4.78, 5) is 0. The van der Waals surface area contributed by atoms with Crippen molar-refractivity contribution in [3.8, 4) is 28.2 Å². The average molecular weight is 283 g/mol. The fourth-order valence-corrected chi connectivity index (χ4v) is 2.30. The van der Waals surface area contributed by atoms with Crippen molar-refractivity contribution in [3.05, 3.63) is 60.4 Å². The number of hydrogen-bond acceptors (Lipinski definition) is 3. The fourth-order valence-electron chi connectivity index (χ4n) is 2.30. The van der Waals surface area contributed by atoms with Crippen molar-refractivity contribution in [3.63, 3.8) is 0 Å². The molecule has 1 aromatic heterocycles. The predicted octanol–water partition coefficient (Wildman–Crippen LogP) is 4.50. The van der Waals surface area contributed by atoms with Crippen molar-refractivity contribution in [2.45, 2.75) is 0 Å². The van der Waals surface area contributed by atoms with Crippen LogP contribution < -0.4 is 5.32 Å². The summed E-state index contributed by atoms with van der Waals surface area (Å²) in [5, 5.41) is 13.4. The van der Waals surface area contributed by atoms with Gasteiger partial charge >= 0.3 is 0 Å². The second-order valence-corrected chi connectivity index (χ2v) is 4.61. The molecule has 0 saturated carbocycles. The first kappa shape index (κ1) is 13.2. The third kappa shape index (κ3) is 2.36. The second kappa shape index (κ2) is 5.32. The van der Waals surface area contributed by atoms with Gasteiger partial charge in [-0.1, -0.05) is 42.5 Å². The summed E-state index contributed by atoms with van der Waals surface area (Å²) in [6.45, 7) is 0. The van der Waals surface area contributed by atoms with Gasteiger partial charge in [0, 0.05) is 12.6 Å². The minimum Gasteiger partial charge on any atom is -0.504 e. The van der Waals surface area contributed by atoms with Crippen LogP contribution in [0.2, 0.25) is 0 Å². The molecule has 3 nitrogen and oxygen atoms in total. The van der Waals surface area contributed by atoms with E-state index in [9.17, 15) is 9.50 Å². The maximum Gasteiger partial charge on any atom is 0.205 e. The zero-order chi connectivity index (χ0) is 14.8. The van der Waals surface area contributed by atoms with Crippen LogP contribution in [0.4, 0.5) is 10.3 Å². The Morgan fingerprint density at radius 2 is 1.71 bits per heavy atom. The van der Waals surface area contributed by atoms with E-state index in [0.717, 1.165) is 5.56 Å². The van der Waals surface area contributed by atoms with Gasteiger partial charge in [0.2, 0.25) is 5.88 Å². The van der Waals surface area contributed by atoms with Crippen LogP contribution >= 0.6 is 0 Å². The van der Waals surface area contributed by atoms with Crippen LogP contribution in [0.5, 0.6) is 5.75 Å². The van der Waals surface area contributed by atoms with E-state index in [-0.39, 0.29) is 11.6 Å². The molecule has 0 saturated heterocycles. The molecular weight excluding hydrogens is 269 g/mol. The highest BCUT2D eigenvalue weighted by Gasteiger charge is 2.21. The zero-order valence-electron chi connectivity index (χ0n) is 11.4. The number of aromatic hydroxyl groups is 1. The number of furan rings is 1. The van der Waals surface area contributed by atoms with E-state index >= 15 is 0 Å². The number of benzene rings is 2. The van der Waals surface area contributed by atoms with Gasteiger partial charge in [0.15, 0.2) is 11.5 Å². The van der Waals surface area contributed by atoms with E-state index in [1.165, 1.54) is 12.1 Å². The molecule has 3 rings (SSSR count). The van der Waals surface area contributed by atoms with Crippen LogP contribution in [0.3, 0.4) is 0 Å². The molecule has 0 amide bonds. The molecule has 0 aliphatic heterocycles. The number of rotatable bonds is 3. The summed E-state index contributed by atoms with van der Waals surface area (Å²) in [7, 11) is 1.69. The van der Waals surface area contributed by atoms with Crippen LogP contribution in [0, 0.1) is 5.82 Å². The molecule has 2 N–H and O–H groups in total. The molecule has 4 heteroatoms. The van der Waals surface area contributed by atoms with Gasteiger partial charge in [-0.2, -0.15) is 0 Å². The highest BCUT2D eigenvalue weighted by Crippen LogP contribution is 2.45. The maximum absolute atomic E-state index is 13.4. The van der Waals surface area contributed by atoms with Crippen molar-refractivity contribution < 1.29 is 13.9 Å². The van der Waals surface area contributed by atoms with E-state index in [1.807, 2.05) is 30.3 Å². The van der Waals surface area contributed by atoms with Crippen molar-refractivity contribution in [2.75, 3.05) is 12.4 Å². The Morgan fingerprint density at radius 1 is 1.00 bits per heavy atom. The van der Waals surface area contributed by atoms with Gasteiger partial charge in [0.1, 0.15) is 5.82 Å². The van der Waals surface area contributed by atoms with Gasteiger partial charge in [0.25, 0.3) is 0 Å². The third-order valence-corrected chi connectivity index (χ3v) is 3.26. The quantitative estimate of drug-likeness (QED) is 0.744. The van der Waals surface area contributed by atoms with E-state index in [4.69, 9.17) is 4.42 Å². The first-order valence-corrected chi connectivity index (χ1v) is 6.55.